The molecule has 1 heterocycles. The molecule has 1 amide bonds. The summed E-state index contributed by atoms with van der Waals surface area (Å²) in [7, 11) is 0. The summed E-state index contributed by atoms with van der Waals surface area (Å²) in [6.45, 7) is 1.99. The molecule has 1 N–H and O–H groups in total. The van der Waals surface area contributed by atoms with Crippen LogP contribution in [0.2, 0.25) is 0 Å². The van der Waals surface area contributed by atoms with Crippen LogP contribution in [0.4, 0.5) is 5.88 Å². The van der Waals surface area contributed by atoms with Crippen LogP contribution in [-0.4, -0.2) is 17.4 Å². The third-order valence-corrected chi connectivity index (χ3v) is 2.58. The number of nitrogens with one attached hydrogen (secondary N) is 1. The summed E-state index contributed by atoms with van der Waals surface area (Å²) < 4.78 is 5.04. The van der Waals surface area contributed by atoms with Crippen molar-refractivity contribution in [1.29, 1.82) is 0 Å². The molecule has 0 aliphatic carbocycles. The van der Waals surface area contributed by atoms with E-state index in [1.807, 2.05) is 31.2 Å². The van der Waals surface area contributed by atoms with Gasteiger partial charge in [0.2, 0.25) is 11.8 Å². The number of amides is 1. The molecular weight excluding hydrogens is 244 g/mol. The minimum atomic E-state index is -0.265. The predicted octanol–water partition coefficient (Wildman–Crippen LogP) is 2.57. The predicted molar refractivity (Wildman–Crippen MR) is 70.6 cm³/mol. The van der Waals surface area contributed by atoms with Crippen LogP contribution >= 0.6 is 0 Å². The van der Waals surface area contributed by atoms with Crippen molar-refractivity contribution in [1.82, 2.24) is 5.16 Å². The quantitative estimate of drug-likeness (QED) is 0.836. The van der Waals surface area contributed by atoms with Crippen LogP contribution < -0.4 is 5.32 Å². The average molecular weight is 258 g/mol. The minimum Gasteiger partial charge on any atom is -0.338 e. The van der Waals surface area contributed by atoms with Gasteiger partial charge in [-0.05, 0) is 13.0 Å². The lowest BCUT2D eigenvalue weighted by molar-refractivity contribution is -0.118. The van der Waals surface area contributed by atoms with Crippen LogP contribution in [0.3, 0.4) is 0 Å². The second kappa shape index (κ2) is 5.95. The van der Waals surface area contributed by atoms with E-state index >= 15 is 0 Å². The van der Waals surface area contributed by atoms with Crippen LogP contribution in [0, 0.1) is 6.92 Å². The van der Waals surface area contributed by atoms with E-state index in [0.717, 1.165) is 11.1 Å². The van der Waals surface area contributed by atoms with Gasteiger partial charge >= 0.3 is 0 Å². The number of anilines is 1. The molecule has 0 saturated heterocycles. The molecule has 98 valence electrons. The topological polar surface area (TPSA) is 72.2 Å². The second-order valence-corrected chi connectivity index (χ2v) is 4.20. The third kappa shape index (κ3) is 3.51. The number of hydrogen-bond donors (Lipinski definition) is 1. The van der Waals surface area contributed by atoms with E-state index in [0.29, 0.717) is 12.0 Å². The monoisotopic (exact) mass is 258 g/mol. The Morgan fingerprint density at radius 2 is 2.26 bits per heavy atom. The maximum atomic E-state index is 11.4. The maximum Gasteiger partial charge on any atom is 0.231 e. The van der Waals surface area contributed by atoms with Gasteiger partial charge in [0, 0.05) is 24.5 Å². The molecule has 5 nitrogen and oxygen atoms in total. The number of nitrogens with zero attached hydrogens (tertiary/aromatic N) is 1. The fourth-order valence-corrected chi connectivity index (χ4v) is 1.66. The summed E-state index contributed by atoms with van der Waals surface area (Å²) in [5.74, 6) is 0.0199. The first-order valence-electron chi connectivity index (χ1n) is 5.96. The van der Waals surface area contributed by atoms with E-state index in [2.05, 4.69) is 10.5 Å². The first-order valence-corrected chi connectivity index (χ1v) is 5.96. The Hall–Kier alpha value is -2.43. The maximum absolute atomic E-state index is 11.4. The summed E-state index contributed by atoms with van der Waals surface area (Å²) in [6, 6.07) is 9.49. The normalized spacial score (nSPS) is 10.2. The Morgan fingerprint density at radius 3 is 3.00 bits per heavy atom. The summed E-state index contributed by atoms with van der Waals surface area (Å²) >= 11 is 0. The summed E-state index contributed by atoms with van der Waals surface area (Å²) in [4.78, 5) is 21.6. The van der Waals surface area contributed by atoms with Gasteiger partial charge in [-0.2, -0.15) is 0 Å². The molecule has 1 aromatic heterocycles. The van der Waals surface area contributed by atoms with Crippen LogP contribution in [0.5, 0.6) is 0 Å². The molecule has 0 atom stereocenters. The molecule has 0 radical (unpaired) electrons. The summed E-state index contributed by atoms with van der Waals surface area (Å²) in [6.07, 6.45) is 1.05. The number of aromatic nitrogens is 1. The fraction of sp³-hybridized carbons (Fsp3) is 0.214. The highest BCUT2D eigenvalue weighted by molar-refractivity contribution is 5.90. The van der Waals surface area contributed by atoms with Crippen molar-refractivity contribution in [2.75, 3.05) is 5.32 Å². The van der Waals surface area contributed by atoms with Gasteiger partial charge in [-0.25, -0.2) is 0 Å². The third-order valence-electron chi connectivity index (χ3n) is 2.58. The number of aryl methyl sites for hydroxylation is 1. The number of carbonyl (C=O) groups excluding carboxylic acids is 2. The number of rotatable bonds is 5. The van der Waals surface area contributed by atoms with Gasteiger partial charge in [-0.3, -0.25) is 10.1 Å². The number of aldehydes is 1. The molecule has 2 rings (SSSR count). The zero-order valence-corrected chi connectivity index (χ0v) is 10.6. The fourth-order valence-electron chi connectivity index (χ4n) is 1.66. The summed E-state index contributed by atoms with van der Waals surface area (Å²) in [5.41, 5.74) is 2.71. The molecule has 1 aromatic carbocycles. The molecule has 19 heavy (non-hydrogen) atoms. The van der Waals surface area contributed by atoms with E-state index in [4.69, 9.17) is 4.52 Å². The van der Waals surface area contributed by atoms with Gasteiger partial charge < -0.3 is 9.32 Å². The first-order chi connectivity index (χ1) is 9.19. The Labute approximate surface area is 110 Å². The van der Waals surface area contributed by atoms with Gasteiger partial charge in [-0.1, -0.05) is 28.9 Å². The van der Waals surface area contributed by atoms with E-state index in [9.17, 15) is 9.59 Å². The highest BCUT2D eigenvalue weighted by Crippen LogP contribution is 2.22. The molecule has 0 spiro atoms. The smallest absolute Gasteiger partial charge is 0.231 e. The molecule has 0 unspecified atom stereocenters. The van der Waals surface area contributed by atoms with Gasteiger partial charge in [0.25, 0.3) is 0 Å². The molecule has 0 fully saturated rings. The largest absolute Gasteiger partial charge is 0.338 e. The second-order valence-electron chi connectivity index (χ2n) is 4.20. The zero-order valence-electron chi connectivity index (χ0n) is 10.6. The minimum absolute atomic E-state index is 0.143. The Kier molecular flexibility index (Phi) is 4.07. The van der Waals surface area contributed by atoms with Gasteiger partial charge in [0.1, 0.15) is 12.0 Å². The Bertz CT molecular complexity index is 590. The molecule has 2 aromatic rings. The Balaban J connectivity index is 2.07. The van der Waals surface area contributed by atoms with Gasteiger partial charge in [0.05, 0.1) is 0 Å². The van der Waals surface area contributed by atoms with Gasteiger partial charge in [0.15, 0.2) is 0 Å². The highest BCUT2D eigenvalue weighted by Gasteiger charge is 2.09. The van der Waals surface area contributed by atoms with Crippen LogP contribution in [-0.2, 0) is 9.59 Å². The van der Waals surface area contributed by atoms with Crippen molar-refractivity contribution in [2.45, 2.75) is 19.8 Å². The number of hydrogen-bond acceptors (Lipinski definition) is 4. The van der Waals surface area contributed by atoms with E-state index in [1.165, 1.54) is 0 Å². The molecule has 5 heteroatoms. The van der Waals surface area contributed by atoms with Crippen molar-refractivity contribution < 1.29 is 14.1 Å². The average Bonchev–Trinajstić information content (AvgIpc) is 2.85. The number of benzene rings is 1. The number of carbonyl (C=O) groups is 2. The molecule has 0 aliphatic heterocycles. The van der Waals surface area contributed by atoms with E-state index < -0.39 is 0 Å². The molecule has 0 bridgehead atoms. The van der Waals surface area contributed by atoms with Crippen molar-refractivity contribution in [3.8, 4) is 11.3 Å². The Morgan fingerprint density at radius 1 is 1.42 bits per heavy atom. The van der Waals surface area contributed by atoms with E-state index in [-0.39, 0.29) is 24.6 Å². The molecule has 0 saturated carbocycles. The van der Waals surface area contributed by atoms with Crippen LogP contribution in [0.25, 0.3) is 11.3 Å². The lowest BCUT2D eigenvalue weighted by Crippen LogP contribution is -2.10. The van der Waals surface area contributed by atoms with Crippen molar-refractivity contribution in [3.63, 3.8) is 0 Å². The first kappa shape index (κ1) is 13.0. The van der Waals surface area contributed by atoms with Crippen molar-refractivity contribution in [3.05, 3.63) is 35.9 Å². The zero-order chi connectivity index (χ0) is 13.7. The summed E-state index contributed by atoms with van der Waals surface area (Å²) in [5, 5.41) is 6.46. The SMILES string of the molecule is Cc1cccc(-c2cc(NC(=O)CCC=O)on2)c1. The van der Waals surface area contributed by atoms with Gasteiger partial charge in [-0.15, -0.1) is 0 Å². The van der Waals surface area contributed by atoms with Crippen LogP contribution in [0.15, 0.2) is 34.9 Å². The molecule has 0 aliphatic rings. The highest BCUT2D eigenvalue weighted by atomic mass is 16.5. The van der Waals surface area contributed by atoms with Crippen molar-refractivity contribution in [2.24, 2.45) is 0 Å². The lowest BCUT2D eigenvalue weighted by Gasteiger charge is -1.97. The van der Waals surface area contributed by atoms with E-state index in [1.54, 1.807) is 6.07 Å². The standard InChI is InChI=1S/C14H14N2O3/c1-10-4-2-5-11(8-10)12-9-14(19-16-12)15-13(18)6-3-7-17/h2,4-5,7-9H,3,6H2,1H3,(H,15,18). The van der Waals surface area contributed by atoms with Crippen LogP contribution in [0.1, 0.15) is 18.4 Å². The van der Waals surface area contributed by atoms with Crippen molar-refractivity contribution >= 4 is 18.1 Å². The lowest BCUT2D eigenvalue weighted by atomic mass is 10.1. The molecular formula is C14H14N2O3.